The second-order valence-corrected chi connectivity index (χ2v) is 5.13. The van der Waals surface area contributed by atoms with Crippen molar-refractivity contribution in [2.75, 3.05) is 17.2 Å². The molecule has 0 bridgehead atoms. The Morgan fingerprint density at radius 2 is 2.05 bits per heavy atom. The number of nitrogens with zero attached hydrogens (tertiary/aromatic N) is 1. The molecule has 1 amide bonds. The Kier molecular flexibility index (Phi) is 4.39. The van der Waals surface area contributed by atoms with Crippen LogP contribution in [0.3, 0.4) is 0 Å². The molecule has 0 unspecified atom stereocenters. The van der Waals surface area contributed by atoms with E-state index < -0.39 is 5.82 Å². The summed E-state index contributed by atoms with van der Waals surface area (Å²) in [6.07, 6.45) is 0. The molecular formula is C15H14BrFN2O. The van der Waals surface area contributed by atoms with Gasteiger partial charge in [0.1, 0.15) is 5.82 Å². The maximum atomic E-state index is 13.5. The molecule has 104 valence electrons. The Balaban J connectivity index is 2.36. The summed E-state index contributed by atoms with van der Waals surface area (Å²) in [7, 11) is 0. The van der Waals surface area contributed by atoms with Gasteiger partial charge in [0.2, 0.25) is 0 Å². The van der Waals surface area contributed by atoms with Crippen LogP contribution in [0.1, 0.15) is 17.3 Å². The minimum Gasteiger partial charge on any atom is -0.399 e. The van der Waals surface area contributed by atoms with Gasteiger partial charge in [0.15, 0.2) is 0 Å². The predicted octanol–water partition coefficient (Wildman–Crippen LogP) is 3.84. The van der Waals surface area contributed by atoms with Crippen molar-refractivity contribution in [2.24, 2.45) is 0 Å². The van der Waals surface area contributed by atoms with Gasteiger partial charge < -0.3 is 10.6 Å². The minimum atomic E-state index is -0.459. The lowest BCUT2D eigenvalue weighted by molar-refractivity contribution is 0.0988. The van der Waals surface area contributed by atoms with Crippen LogP contribution in [0.15, 0.2) is 46.9 Å². The van der Waals surface area contributed by atoms with Gasteiger partial charge in [0.25, 0.3) is 5.91 Å². The smallest absolute Gasteiger partial charge is 0.258 e. The van der Waals surface area contributed by atoms with Crippen molar-refractivity contribution in [3.8, 4) is 0 Å². The van der Waals surface area contributed by atoms with Crippen LogP contribution in [0.5, 0.6) is 0 Å². The van der Waals surface area contributed by atoms with Crippen LogP contribution < -0.4 is 10.6 Å². The summed E-state index contributed by atoms with van der Waals surface area (Å²) in [5, 5.41) is 0. The quantitative estimate of drug-likeness (QED) is 0.865. The number of benzene rings is 2. The number of amides is 1. The van der Waals surface area contributed by atoms with E-state index >= 15 is 0 Å². The molecule has 0 atom stereocenters. The Hall–Kier alpha value is -1.88. The minimum absolute atomic E-state index is 0.260. The number of nitrogen functional groups attached to an aromatic ring is 1. The summed E-state index contributed by atoms with van der Waals surface area (Å²) in [4.78, 5) is 14.0. The first-order valence-corrected chi connectivity index (χ1v) is 6.94. The van der Waals surface area contributed by atoms with Crippen molar-refractivity contribution in [1.29, 1.82) is 0 Å². The fourth-order valence-electron chi connectivity index (χ4n) is 1.92. The second kappa shape index (κ2) is 6.05. The summed E-state index contributed by atoms with van der Waals surface area (Å²) >= 11 is 3.07. The second-order valence-electron chi connectivity index (χ2n) is 4.27. The van der Waals surface area contributed by atoms with Crippen molar-refractivity contribution < 1.29 is 9.18 Å². The summed E-state index contributed by atoms with van der Waals surface area (Å²) in [5.74, 6) is -0.719. The first kappa shape index (κ1) is 14.5. The molecule has 0 aliphatic rings. The van der Waals surface area contributed by atoms with E-state index in [1.165, 1.54) is 12.1 Å². The Morgan fingerprint density at radius 3 is 2.65 bits per heavy atom. The maximum absolute atomic E-state index is 13.5. The van der Waals surface area contributed by atoms with Gasteiger partial charge in [-0.05, 0) is 59.3 Å². The number of anilines is 2. The predicted molar refractivity (Wildman–Crippen MR) is 82.3 cm³/mol. The molecule has 0 saturated heterocycles. The van der Waals surface area contributed by atoms with Gasteiger partial charge in [-0.25, -0.2) is 4.39 Å². The fraction of sp³-hybridized carbons (Fsp3) is 0.133. The number of nitrogens with two attached hydrogens (primary N) is 1. The fourth-order valence-corrected chi connectivity index (χ4v) is 2.17. The third kappa shape index (κ3) is 2.99. The van der Waals surface area contributed by atoms with E-state index in [9.17, 15) is 9.18 Å². The topological polar surface area (TPSA) is 46.3 Å². The maximum Gasteiger partial charge on any atom is 0.258 e. The molecule has 0 aliphatic carbocycles. The molecule has 0 spiro atoms. The molecule has 0 fully saturated rings. The van der Waals surface area contributed by atoms with Crippen molar-refractivity contribution in [3.63, 3.8) is 0 Å². The van der Waals surface area contributed by atoms with Gasteiger partial charge in [-0.2, -0.15) is 0 Å². The molecule has 5 heteroatoms. The van der Waals surface area contributed by atoms with Gasteiger partial charge in [-0.1, -0.05) is 6.07 Å². The molecule has 0 aliphatic heterocycles. The van der Waals surface area contributed by atoms with Crippen LogP contribution in [0, 0.1) is 5.82 Å². The highest BCUT2D eigenvalue weighted by atomic mass is 79.9. The molecule has 2 rings (SSSR count). The highest BCUT2D eigenvalue weighted by Crippen LogP contribution is 2.22. The van der Waals surface area contributed by atoms with Crippen LogP contribution in [0.25, 0.3) is 0 Å². The number of carbonyl (C=O) groups is 1. The molecular weight excluding hydrogens is 323 g/mol. The number of carbonyl (C=O) groups excluding carboxylic acids is 1. The molecule has 0 heterocycles. The average Bonchev–Trinajstić information content (AvgIpc) is 2.42. The van der Waals surface area contributed by atoms with E-state index in [0.29, 0.717) is 28.0 Å². The van der Waals surface area contributed by atoms with Crippen LogP contribution in [0.4, 0.5) is 15.8 Å². The Labute approximate surface area is 125 Å². The first-order chi connectivity index (χ1) is 9.52. The molecule has 20 heavy (non-hydrogen) atoms. The number of rotatable bonds is 3. The van der Waals surface area contributed by atoms with E-state index in [1.807, 2.05) is 6.92 Å². The standard InChI is InChI=1S/C15H14BrFN2O/c1-2-19(12-5-3-4-11(18)9-12)15(20)10-6-7-13(16)14(17)8-10/h3-9H,2,18H2,1H3. The van der Waals surface area contributed by atoms with Gasteiger partial charge >= 0.3 is 0 Å². The Bertz CT molecular complexity index is 646. The zero-order valence-corrected chi connectivity index (χ0v) is 12.5. The van der Waals surface area contributed by atoms with Gasteiger partial charge in [0.05, 0.1) is 4.47 Å². The monoisotopic (exact) mass is 336 g/mol. The SMILES string of the molecule is CCN(C(=O)c1ccc(Br)c(F)c1)c1cccc(N)c1. The molecule has 2 aromatic rings. The van der Waals surface area contributed by atoms with Gasteiger partial charge in [0, 0.05) is 23.5 Å². The largest absolute Gasteiger partial charge is 0.399 e. The molecule has 0 radical (unpaired) electrons. The highest BCUT2D eigenvalue weighted by molar-refractivity contribution is 9.10. The molecule has 0 aromatic heterocycles. The van der Waals surface area contributed by atoms with Crippen molar-refractivity contribution in [1.82, 2.24) is 0 Å². The Morgan fingerprint density at radius 1 is 1.30 bits per heavy atom. The van der Waals surface area contributed by atoms with Crippen LogP contribution in [-0.2, 0) is 0 Å². The van der Waals surface area contributed by atoms with Gasteiger partial charge in [-0.15, -0.1) is 0 Å². The molecule has 2 N–H and O–H groups in total. The lowest BCUT2D eigenvalue weighted by Crippen LogP contribution is -2.30. The van der Waals surface area contributed by atoms with Crippen LogP contribution >= 0.6 is 15.9 Å². The highest BCUT2D eigenvalue weighted by Gasteiger charge is 2.17. The third-order valence-electron chi connectivity index (χ3n) is 2.91. The summed E-state index contributed by atoms with van der Waals surface area (Å²) in [6.45, 7) is 2.33. The summed E-state index contributed by atoms with van der Waals surface area (Å²) in [6, 6.07) is 11.4. The van der Waals surface area contributed by atoms with Crippen molar-refractivity contribution in [3.05, 3.63) is 58.3 Å². The first-order valence-electron chi connectivity index (χ1n) is 6.15. The number of halogens is 2. The number of hydrogen-bond acceptors (Lipinski definition) is 2. The zero-order valence-electron chi connectivity index (χ0n) is 10.9. The van der Waals surface area contributed by atoms with E-state index in [1.54, 1.807) is 35.2 Å². The zero-order chi connectivity index (χ0) is 14.7. The third-order valence-corrected chi connectivity index (χ3v) is 3.55. The van der Waals surface area contributed by atoms with E-state index in [0.717, 1.165) is 0 Å². The summed E-state index contributed by atoms with van der Waals surface area (Å²) < 4.78 is 13.9. The normalized spacial score (nSPS) is 10.3. The van der Waals surface area contributed by atoms with Crippen LogP contribution in [-0.4, -0.2) is 12.5 Å². The average molecular weight is 337 g/mol. The van der Waals surface area contributed by atoms with E-state index in [2.05, 4.69) is 15.9 Å². The van der Waals surface area contributed by atoms with Crippen molar-refractivity contribution >= 4 is 33.2 Å². The lowest BCUT2D eigenvalue weighted by atomic mass is 10.1. The molecule has 3 nitrogen and oxygen atoms in total. The molecule has 0 saturated carbocycles. The van der Waals surface area contributed by atoms with Gasteiger partial charge in [-0.3, -0.25) is 4.79 Å². The number of hydrogen-bond donors (Lipinski definition) is 1. The van der Waals surface area contributed by atoms with Crippen molar-refractivity contribution in [2.45, 2.75) is 6.92 Å². The van der Waals surface area contributed by atoms with Crippen LogP contribution in [0.2, 0.25) is 0 Å². The lowest BCUT2D eigenvalue weighted by Gasteiger charge is -2.21. The van der Waals surface area contributed by atoms with E-state index in [4.69, 9.17) is 5.73 Å². The molecule has 2 aromatic carbocycles. The summed E-state index contributed by atoms with van der Waals surface area (Å²) in [5.41, 5.74) is 7.31. The van der Waals surface area contributed by atoms with E-state index in [-0.39, 0.29) is 5.91 Å².